The smallest absolute Gasteiger partial charge is 0.244 e. The second-order valence-electron chi connectivity index (χ2n) is 4.68. The molecule has 2 heterocycles. The lowest BCUT2D eigenvalue weighted by Gasteiger charge is -2.30. The van der Waals surface area contributed by atoms with Crippen molar-refractivity contribution in [3.8, 4) is 0 Å². The fourth-order valence-corrected chi connectivity index (χ4v) is 4.21. The minimum atomic E-state index is -0.234. The quantitative estimate of drug-likeness (QED) is 0.884. The van der Waals surface area contributed by atoms with E-state index in [1.165, 1.54) is 11.8 Å². The fourth-order valence-electron chi connectivity index (χ4n) is 2.20. The minimum absolute atomic E-state index is 0.0456. The van der Waals surface area contributed by atoms with Gasteiger partial charge in [0.1, 0.15) is 6.54 Å². The van der Waals surface area contributed by atoms with Crippen LogP contribution in [-0.2, 0) is 9.59 Å². The lowest BCUT2D eigenvalue weighted by molar-refractivity contribution is -0.121. The molecule has 2 aromatic rings. The van der Waals surface area contributed by atoms with E-state index < -0.39 is 0 Å². The molecule has 2 amide bonds. The Morgan fingerprint density at radius 1 is 1.33 bits per heavy atom. The molecule has 1 aromatic carbocycles. The number of amides is 2. The summed E-state index contributed by atoms with van der Waals surface area (Å²) < 4.78 is 1.10. The van der Waals surface area contributed by atoms with Crippen molar-refractivity contribution in [1.82, 2.24) is 0 Å². The molecular weight excluding hydrogens is 304 g/mol. The summed E-state index contributed by atoms with van der Waals surface area (Å²) in [7, 11) is 0. The summed E-state index contributed by atoms with van der Waals surface area (Å²) in [6, 6.07) is 11.3. The molecule has 0 spiro atoms. The maximum absolute atomic E-state index is 12.7. The van der Waals surface area contributed by atoms with E-state index >= 15 is 0 Å². The van der Waals surface area contributed by atoms with E-state index in [0.717, 1.165) is 9.90 Å². The Morgan fingerprint density at radius 2 is 2.14 bits per heavy atom. The van der Waals surface area contributed by atoms with Crippen LogP contribution in [0.3, 0.4) is 0 Å². The van der Waals surface area contributed by atoms with Crippen molar-refractivity contribution < 1.29 is 9.59 Å². The number of carbonyl (C=O) groups excluding carboxylic acids is 2. The largest absolute Gasteiger partial charge is 0.323 e. The van der Waals surface area contributed by atoms with Crippen molar-refractivity contribution in [3.05, 3.63) is 41.8 Å². The van der Waals surface area contributed by atoms with Crippen molar-refractivity contribution in [2.45, 2.75) is 16.4 Å². The summed E-state index contributed by atoms with van der Waals surface area (Å²) >= 11 is 3.14. The van der Waals surface area contributed by atoms with E-state index in [1.54, 1.807) is 16.2 Å². The minimum Gasteiger partial charge on any atom is -0.323 e. The molecule has 1 aromatic heterocycles. The molecule has 0 radical (unpaired) electrons. The molecule has 1 unspecified atom stereocenters. The number of thiophene rings is 1. The van der Waals surface area contributed by atoms with Crippen molar-refractivity contribution in [2.24, 2.45) is 0 Å². The van der Waals surface area contributed by atoms with Crippen LogP contribution in [0.15, 0.2) is 46.0 Å². The predicted octanol–water partition coefficient (Wildman–Crippen LogP) is 3.21. The molecule has 0 fully saturated rings. The Kier molecular flexibility index (Phi) is 3.98. The van der Waals surface area contributed by atoms with Crippen LogP contribution in [0.4, 0.5) is 11.4 Å². The van der Waals surface area contributed by atoms with E-state index in [1.807, 2.05) is 48.7 Å². The van der Waals surface area contributed by atoms with Crippen LogP contribution in [-0.4, -0.2) is 23.6 Å². The van der Waals surface area contributed by atoms with E-state index in [0.29, 0.717) is 5.69 Å². The van der Waals surface area contributed by atoms with Gasteiger partial charge in [-0.3, -0.25) is 14.5 Å². The van der Waals surface area contributed by atoms with Gasteiger partial charge < -0.3 is 5.32 Å². The topological polar surface area (TPSA) is 49.4 Å². The zero-order chi connectivity index (χ0) is 14.8. The maximum Gasteiger partial charge on any atom is 0.244 e. The molecule has 4 nitrogen and oxygen atoms in total. The highest BCUT2D eigenvalue weighted by Gasteiger charge is 2.30. The third-order valence-corrected chi connectivity index (χ3v) is 5.33. The molecule has 0 saturated heterocycles. The van der Waals surface area contributed by atoms with Gasteiger partial charge in [-0.25, -0.2) is 0 Å². The zero-order valence-corrected chi connectivity index (χ0v) is 13.0. The van der Waals surface area contributed by atoms with Crippen LogP contribution in [0.25, 0.3) is 0 Å². The Hall–Kier alpha value is -1.79. The van der Waals surface area contributed by atoms with E-state index in [9.17, 15) is 9.59 Å². The first-order valence-electron chi connectivity index (χ1n) is 6.55. The van der Waals surface area contributed by atoms with Gasteiger partial charge in [0.25, 0.3) is 0 Å². The summed E-state index contributed by atoms with van der Waals surface area (Å²) in [6.07, 6.45) is 0. The number of thioether (sulfide) groups is 1. The van der Waals surface area contributed by atoms with Crippen LogP contribution < -0.4 is 10.2 Å². The number of para-hydroxylation sites is 2. The zero-order valence-electron chi connectivity index (χ0n) is 11.4. The standard InChI is InChI=1S/C15H14N2O2S2/c1-10(21-14-7-4-8-20-14)15(19)17-9-13(18)16-11-5-2-3-6-12(11)17/h2-8,10H,9H2,1H3,(H,16,18). The number of fused-ring (bicyclic) bond motifs is 1. The van der Waals surface area contributed by atoms with Gasteiger partial charge in [0, 0.05) is 0 Å². The number of hydrogen-bond acceptors (Lipinski definition) is 4. The first kappa shape index (κ1) is 14.2. The van der Waals surface area contributed by atoms with Crippen LogP contribution in [0.5, 0.6) is 0 Å². The van der Waals surface area contributed by atoms with E-state index in [2.05, 4.69) is 5.32 Å². The molecule has 1 aliphatic heterocycles. The van der Waals surface area contributed by atoms with Crippen LogP contribution in [0.1, 0.15) is 6.92 Å². The van der Waals surface area contributed by atoms with Gasteiger partial charge in [-0.05, 0) is 30.5 Å². The molecule has 108 valence electrons. The third-order valence-electron chi connectivity index (χ3n) is 3.17. The second-order valence-corrected chi connectivity index (χ2v) is 7.27. The average Bonchev–Trinajstić information content (AvgIpc) is 2.98. The SMILES string of the molecule is CC(Sc1cccs1)C(=O)N1CC(=O)Nc2ccccc21. The monoisotopic (exact) mass is 318 g/mol. The van der Waals surface area contributed by atoms with Crippen molar-refractivity contribution in [2.75, 3.05) is 16.8 Å². The third kappa shape index (κ3) is 2.96. The highest BCUT2D eigenvalue weighted by Crippen LogP contribution is 2.33. The van der Waals surface area contributed by atoms with Crippen LogP contribution >= 0.6 is 23.1 Å². The van der Waals surface area contributed by atoms with Crippen LogP contribution in [0, 0.1) is 0 Å². The lowest BCUT2D eigenvalue weighted by atomic mass is 10.2. The molecule has 0 bridgehead atoms. The van der Waals surface area contributed by atoms with Crippen LogP contribution in [0.2, 0.25) is 0 Å². The Morgan fingerprint density at radius 3 is 2.90 bits per heavy atom. The summed E-state index contributed by atoms with van der Waals surface area (Å²) in [4.78, 5) is 26.0. The molecule has 1 aliphatic rings. The normalized spacial score (nSPS) is 15.3. The molecule has 21 heavy (non-hydrogen) atoms. The number of carbonyl (C=O) groups is 2. The number of hydrogen-bond donors (Lipinski definition) is 1. The first-order chi connectivity index (χ1) is 10.1. The average molecular weight is 318 g/mol. The van der Waals surface area contributed by atoms with Gasteiger partial charge in [-0.15, -0.1) is 23.1 Å². The Balaban J connectivity index is 1.82. The van der Waals surface area contributed by atoms with Gasteiger partial charge >= 0.3 is 0 Å². The summed E-state index contributed by atoms with van der Waals surface area (Å²) in [6.45, 7) is 1.95. The summed E-state index contributed by atoms with van der Waals surface area (Å²) in [5.74, 6) is -0.203. The lowest BCUT2D eigenvalue weighted by Crippen LogP contribution is -2.45. The van der Waals surface area contributed by atoms with Gasteiger partial charge in [-0.2, -0.15) is 0 Å². The molecule has 0 saturated carbocycles. The van der Waals surface area contributed by atoms with Crippen molar-refractivity contribution in [1.29, 1.82) is 0 Å². The Labute approximate surface area is 131 Å². The van der Waals surface area contributed by atoms with Crippen molar-refractivity contribution >= 4 is 46.3 Å². The highest BCUT2D eigenvalue weighted by molar-refractivity contribution is 8.02. The maximum atomic E-state index is 12.7. The fraction of sp³-hybridized carbons (Fsp3) is 0.200. The summed E-state index contributed by atoms with van der Waals surface area (Å²) in [5, 5.41) is 4.55. The number of nitrogens with one attached hydrogen (secondary N) is 1. The predicted molar refractivity (Wildman–Crippen MR) is 87.1 cm³/mol. The van der Waals surface area contributed by atoms with Gasteiger partial charge in [-0.1, -0.05) is 18.2 Å². The second kappa shape index (κ2) is 5.91. The van der Waals surface area contributed by atoms with E-state index in [4.69, 9.17) is 0 Å². The van der Waals surface area contributed by atoms with Gasteiger partial charge in [0.15, 0.2) is 0 Å². The van der Waals surface area contributed by atoms with Crippen molar-refractivity contribution in [3.63, 3.8) is 0 Å². The molecule has 3 rings (SSSR count). The van der Waals surface area contributed by atoms with Gasteiger partial charge in [0.2, 0.25) is 11.8 Å². The molecule has 6 heteroatoms. The summed E-state index contributed by atoms with van der Waals surface area (Å²) in [5.41, 5.74) is 1.45. The van der Waals surface area contributed by atoms with E-state index in [-0.39, 0.29) is 23.6 Å². The van der Waals surface area contributed by atoms with Gasteiger partial charge in [0.05, 0.1) is 20.8 Å². The number of nitrogens with zero attached hydrogens (tertiary/aromatic N) is 1. The number of benzene rings is 1. The molecule has 1 N–H and O–H groups in total. The number of anilines is 2. The number of rotatable bonds is 3. The highest BCUT2D eigenvalue weighted by atomic mass is 32.2. The molecular formula is C15H14N2O2S2. The Bertz CT molecular complexity index is 670. The first-order valence-corrected chi connectivity index (χ1v) is 8.31. The molecule has 0 aliphatic carbocycles. The molecule has 1 atom stereocenters.